The van der Waals surface area contributed by atoms with Crippen molar-refractivity contribution in [1.82, 2.24) is 0 Å². The van der Waals surface area contributed by atoms with Gasteiger partial charge in [0.25, 0.3) is 10.1 Å². The Bertz CT molecular complexity index is 262. The van der Waals surface area contributed by atoms with Crippen molar-refractivity contribution in [1.29, 1.82) is 0 Å². The minimum Gasteiger partial charge on any atom is -0.394 e. The summed E-state index contributed by atoms with van der Waals surface area (Å²) in [6.45, 7) is 1.96. The van der Waals surface area contributed by atoms with Crippen LogP contribution in [0, 0.1) is 0 Å². The van der Waals surface area contributed by atoms with Gasteiger partial charge in [0.2, 0.25) is 0 Å². The first kappa shape index (κ1) is 16.9. The van der Waals surface area contributed by atoms with Gasteiger partial charge in [-0.25, -0.2) is 0 Å². The Hall–Kier alpha value is -0.130. The maximum absolute atomic E-state index is 10.9. The summed E-state index contributed by atoms with van der Waals surface area (Å²) in [7, 11) is -3.45. The lowest BCUT2D eigenvalue weighted by Gasteiger charge is -2.13. The minimum absolute atomic E-state index is 0.233. The summed E-state index contributed by atoms with van der Waals surface area (Å²) in [6, 6.07) is 0. The van der Waals surface area contributed by atoms with Crippen LogP contribution in [0.1, 0.15) is 58.3 Å². The fourth-order valence-electron chi connectivity index (χ4n) is 1.75. The number of hydrogen-bond acceptors (Lipinski definition) is 4. The highest BCUT2D eigenvalue weighted by Gasteiger charge is 2.13. The molecule has 0 aromatic heterocycles. The molecule has 1 N–H and O–H groups in total. The molecule has 0 spiro atoms. The fourth-order valence-corrected chi connectivity index (χ4v) is 2.40. The molecule has 0 heterocycles. The molecule has 5 heteroatoms. The van der Waals surface area contributed by atoms with E-state index >= 15 is 0 Å². The van der Waals surface area contributed by atoms with Crippen LogP contribution in [-0.4, -0.2) is 32.5 Å². The van der Waals surface area contributed by atoms with Crippen molar-refractivity contribution in [3.8, 4) is 0 Å². The Kier molecular flexibility index (Phi) is 9.78. The quantitative estimate of drug-likeness (QED) is 0.461. The maximum atomic E-state index is 10.9. The highest BCUT2D eigenvalue weighted by Crippen LogP contribution is 2.12. The van der Waals surface area contributed by atoms with Crippen LogP contribution in [0.2, 0.25) is 0 Å². The van der Waals surface area contributed by atoms with E-state index in [-0.39, 0.29) is 6.61 Å². The molecule has 0 aliphatic carbocycles. The number of hydrogen-bond donors (Lipinski definition) is 1. The van der Waals surface area contributed by atoms with Gasteiger partial charge in [0.1, 0.15) is 6.10 Å². The van der Waals surface area contributed by atoms with Crippen LogP contribution in [0.5, 0.6) is 0 Å². The molecule has 4 nitrogen and oxygen atoms in total. The molecule has 0 rings (SSSR count). The molecule has 0 saturated heterocycles. The summed E-state index contributed by atoms with van der Waals surface area (Å²) in [5, 5.41) is 8.97. The molecule has 0 saturated carbocycles. The van der Waals surface area contributed by atoms with Gasteiger partial charge in [0.05, 0.1) is 12.9 Å². The first-order valence-corrected chi connectivity index (χ1v) is 8.30. The van der Waals surface area contributed by atoms with Crippen LogP contribution in [0.4, 0.5) is 0 Å². The zero-order valence-corrected chi connectivity index (χ0v) is 11.8. The molecular formula is C12H26O4S. The molecular weight excluding hydrogens is 240 g/mol. The summed E-state index contributed by atoms with van der Waals surface area (Å²) < 4.78 is 26.5. The normalized spacial score (nSPS) is 13.8. The summed E-state index contributed by atoms with van der Waals surface area (Å²) in [5.74, 6) is 0. The third-order valence-corrected chi connectivity index (χ3v) is 3.27. The van der Waals surface area contributed by atoms with Crippen LogP contribution in [0.25, 0.3) is 0 Å². The van der Waals surface area contributed by atoms with Gasteiger partial charge in [-0.2, -0.15) is 8.42 Å². The number of aliphatic hydroxyl groups excluding tert-OH is 1. The summed E-state index contributed by atoms with van der Waals surface area (Å²) >= 11 is 0. The van der Waals surface area contributed by atoms with E-state index in [1.54, 1.807) is 0 Å². The van der Waals surface area contributed by atoms with E-state index in [1.807, 2.05) is 0 Å². The topological polar surface area (TPSA) is 63.6 Å². The molecule has 0 fully saturated rings. The van der Waals surface area contributed by atoms with E-state index < -0.39 is 16.2 Å². The third-order valence-electron chi connectivity index (χ3n) is 2.64. The Morgan fingerprint density at radius 3 is 2.06 bits per heavy atom. The number of aliphatic hydroxyl groups is 1. The van der Waals surface area contributed by atoms with Crippen LogP contribution in [0.15, 0.2) is 0 Å². The molecule has 1 atom stereocenters. The van der Waals surface area contributed by atoms with Crippen molar-refractivity contribution in [2.75, 3.05) is 12.9 Å². The number of rotatable bonds is 11. The molecule has 0 aromatic rings. The minimum atomic E-state index is -3.45. The van der Waals surface area contributed by atoms with E-state index in [0.29, 0.717) is 6.42 Å². The SMILES string of the molecule is CCCCCCCCC[C@H](CO)OS(C)(=O)=O. The third kappa shape index (κ3) is 12.1. The van der Waals surface area contributed by atoms with Crippen molar-refractivity contribution < 1.29 is 17.7 Å². The largest absolute Gasteiger partial charge is 0.394 e. The predicted molar refractivity (Wildman–Crippen MR) is 69.4 cm³/mol. The Morgan fingerprint density at radius 1 is 1.06 bits per heavy atom. The smallest absolute Gasteiger partial charge is 0.264 e. The lowest BCUT2D eigenvalue weighted by Crippen LogP contribution is -2.21. The van der Waals surface area contributed by atoms with Gasteiger partial charge in [-0.3, -0.25) is 4.18 Å². The zero-order chi connectivity index (χ0) is 13.1. The second-order valence-corrected chi connectivity index (χ2v) is 6.12. The Morgan fingerprint density at radius 2 is 1.59 bits per heavy atom. The van der Waals surface area contributed by atoms with E-state index in [1.165, 1.54) is 32.1 Å². The van der Waals surface area contributed by atoms with Crippen LogP contribution >= 0.6 is 0 Å². The van der Waals surface area contributed by atoms with Gasteiger partial charge in [-0.05, 0) is 6.42 Å². The van der Waals surface area contributed by atoms with Crippen LogP contribution in [-0.2, 0) is 14.3 Å². The molecule has 104 valence electrons. The molecule has 0 aromatic carbocycles. The van der Waals surface area contributed by atoms with E-state index in [0.717, 1.165) is 19.1 Å². The van der Waals surface area contributed by atoms with Gasteiger partial charge >= 0.3 is 0 Å². The highest BCUT2D eigenvalue weighted by molar-refractivity contribution is 7.86. The maximum Gasteiger partial charge on any atom is 0.264 e. The van der Waals surface area contributed by atoms with Crippen LogP contribution < -0.4 is 0 Å². The molecule has 17 heavy (non-hydrogen) atoms. The van der Waals surface area contributed by atoms with Crippen molar-refractivity contribution >= 4 is 10.1 Å². The van der Waals surface area contributed by atoms with Gasteiger partial charge in [-0.15, -0.1) is 0 Å². The molecule has 0 bridgehead atoms. The van der Waals surface area contributed by atoms with Gasteiger partial charge in [0.15, 0.2) is 0 Å². The van der Waals surface area contributed by atoms with Crippen molar-refractivity contribution in [3.63, 3.8) is 0 Å². The standard InChI is InChI=1S/C12H26O4S/c1-3-4-5-6-7-8-9-10-12(11-13)16-17(2,14)15/h12-13H,3-11H2,1-2H3/t12-/m1/s1. The number of unbranched alkanes of at least 4 members (excludes halogenated alkanes) is 6. The lowest BCUT2D eigenvalue weighted by molar-refractivity contribution is 0.112. The lowest BCUT2D eigenvalue weighted by atomic mass is 10.1. The monoisotopic (exact) mass is 266 g/mol. The molecule has 0 radical (unpaired) electrons. The Balaban J connectivity index is 3.50. The first-order valence-electron chi connectivity index (χ1n) is 6.48. The predicted octanol–water partition coefficient (Wildman–Crippen LogP) is 2.46. The molecule has 0 unspecified atom stereocenters. The van der Waals surface area contributed by atoms with E-state index in [2.05, 4.69) is 6.92 Å². The zero-order valence-electron chi connectivity index (χ0n) is 11.0. The highest BCUT2D eigenvalue weighted by atomic mass is 32.2. The van der Waals surface area contributed by atoms with Crippen LogP contribution in [0.3, 0.4) is 0 Å². The fraction of sp³-hybridized carbons (Fsp3) is 1.00. The summed E-state index contributed by atoms with van der Waals surface area (Å²) in [5.41, 5.74) is 0. The molecule has 0 amide bonds. The first-order chi connectivity index (χ1) is 7.99. The van der Waals surface area contributed by atoms with Gasteiger partial charge in [-0.1, -0.05) is 51.9 Å². The Labute approximate surface area is 105 Å². The van der Waals surface area contributed by atoms with Gasteiger partial charge < -0.3 is 5.11 Å². The molecule has 0 aliphatic rings. The summed E-state index contributed by atoms with van der Waals surface area (Å²) in [6.07, 6.45) is 9.27. The van der Waals surface area contributed by atoms with Gasteiger partial charge in [0, 0.05) is 0 Å². The summed E-state index contributed by atoms with van der Waals surface area (Å²) in [4.78, 5) is 0. The average molecular weight is 266 g/mol. The average Bonchev–Trinajstić information content (AvgIpc) is 2.24. The molecule has 0 aliphatic heterocycles. The second kappa shape index (κ2) is 9.85. The van der Waals surface area contributed by atoms with Crippen molar-refractivity contribution in [2.24, 2.45) is 0 Å². The van der Waals surface area contributed by atoms with Crippen molar-refractivity contribution in [2.45, 2.75) is 64.4 Å². The van der Waals surface area contributed by atoms with E-state index in [9.17, 15) is 8.42 Å². The van der Waals surface area contributed by atoms with E-state index in [4.69, 9.17) is 9.29 Å². The second-order valence-electron chi connectivity index (χ2n) is 4.51. The van der Waals surface area contributed by atoms with Crippen molar-refractivity contribution in [3.05, 3.63) is 0 Å².